The van der Waals surface area contributed by atoms with Crippen LogP contribution in [-0.4, -0.2) is 34.0 Å². The van der Waals surface area contributed by atoms with Crippen molar-refractivity contribution in [3.63, 3.8) is 0 Å². The first kappa shape index (κ1) is 16.8. The molecule has 1 aromatic rings. The minimum absolute atomic E-state index is 0.141. The van der Waals surface area contributed by atoms with Crippen molar-refractivity contribution in [3.05, 3.63) is 35.9 Å². The Hall–Kier alpha value is -1.24. The second-order valence-corrected chi connectivity index (χ2v) is 5.92. The molecule has 20 heavy (non-hydrogen) atoms. The maximum Gasteiger partial charge on any atom is 0.264 e. The molecule has 0 fully saturated rings. The lowest BCUT2D eigenvalue weighted by atomic mass is 10.3. The molecule has 0 heterocycles. The minimum Gasteiger partial charge on any atom is -0.491 e. The molecule has 0 amide bonds. The lowest BCUT2D eigenvalue weighted by molar-refractivity contribution is 0.150. The van der Waals surface area contributed by atoms with Crippen LogP contribution < -0.4 is 9.47 Å². The van der Waals surface area contributed by atoms with Gasteiger partial charge in [-0.2, -0.15) is 8.42 Å². The van der Waals surface area contributed by atoms with Crippen LogP contribution in [0.25, 0.3) is 0 Å². The van der Waals surface area contributed by atoms with Gasteiger partial charge in [-0.05, 0) is 37.3 Å². The monoisotopic (exact) mass is 320 g/mol. The zero-order valence-corrected chi connectivity index (χ0v) is 12.9. The van der Waals surface area contributed by atoms with Crippen molar-refractivity contribution in [3.8, 4) is 11.5 Å². The Morgan fingerprint density at radius 2 is 1.75 bits per heavy atom. The standard InChI is InChI=1S/C13H17ClO5S/c1-11(19-20(2,15)16)10-18-13-6-4-12(5-7-13)17-9-3-8-14/h3-8,11H,9-10H2,1-2H3. The van der Waals surface area contributed by atoms with Crippen LogP contribution in [0.4, 0.5) is 0 Å². The van der Waals surface area contributed by atoms with Gasteiger partial charge in [0.05, 0.1) is 6.26 Å². The van der Waals surface area contributed by atoms with Crippen molar-refractivity contribution in [1.82, 2.24) is 0 Å². The van der Waals surface area contributed by atoms with Gasteiger partial charge in [0, 0.05) is 5.54 Å². The van der Waals surface area contributed by atoms with E-state index in [9.17, 15) is 8.42 Å². The summed E-state index contributed by atoms with van der Waals surface area (Å²) in [6.45, 7) is 2.15. The van der Waals surface area contributed by atoms with Crippen molar-refractivity contribution in [2.24, 2.45) is 0 Å². The molecule has 0 N–H and O–H groups in total. The fourth-order valence-corrected chi connectivity index (χ4v) is 2.08. The van der Waals surface area contributed by atoms with Crippen LogP contribution in [0, 0.1) is 0 Å². The zero-order chi connectivity index (χ0) is 15.0. The van der Waals surface area contributed by atoms with Crippen molar-refractivity contribution >= 4 is 21.7 Å². The second-order valence-electron chi connectivity index (χ2n) is 4.07. The highest BCUT2D eigenvalue weighted by molar-refractivity contribution is 7.86. The Labute approximate surface area is 124 Å². The number of halogens is 1. The molecule has 7 heteroatoms. The average molecular weight is 321 g/mol. The number of ether oxygens (including phenoxy) is 2. The van der Waals surface area contributed by atoms with Crippen LogP contribution in [0.3, 0.4) is 0 Å². The first-order valence-electron chi connectivity index (χ1n) is 5.90. The molecule has 0 aliphatic rings. The summed E-state index contributed by atoms with van der Waals surface area (Å²) in [5, 5.41) is 0. The van der Waals surface area contributed by atoms with Crippen molar-refractivity contribution < 1.29 is 22.1 Å². The van der Waals surface area contributed by atoms with E-state index in [1.807, 2.05) is 0 Å². The molecule has 0 spiro atoms. The van der Waals surface area contributed by atoms with E-state index in [2.05, 4.69) is 0 Å². The summed E-state index contributed by atoms with van der Waals surface area (Å²) in [5.74, 6) is 1.29. The summed E-state index contributed by atoms with van der Waals surface area (Å²) in [6, 6.07) is 6.96. The Bertz CT molecular complexity index is 524. The summed E-state index contributed by atoms with van der Waals surface area (Å²) >= 11 is 5.37. The molecular formula is C13H17ClO5S. The Morgan fingerprint density at radius 1 is 1.20 bits per heavy atom. The van der Waals surface area contributed by atoms with Gasteiger partial charge in [-0.1, -0.05) is 11.6 Å². The highest BCUT2D eigenvalue weighted by atomic mass is 35.5. The van der Waals surface area contributed by atoms with Crippen molar-refractivity contribution in [2.45, 2.75) is 13.0 Å². The molecule has 0 saturated heterocycles. The fourth-order valence-electron chi connectivity index (χ4n) is 1.35. The highest BCUT2D eigenvalue weighted by Crippen LogP contribution is 2.18. The molecule has 0 radical (unpaired) electrons. The Morgan fingerprint density at radius 3 is 2.25 bits per heavy atom. The first-order valence-corrected chi connectivity index (χ1v) is 8.15. The SMILES string of the molecule is CC(COc1ccc(OCC=CCl)cc1)OS(C)(=O)=O. The van der Waals surface area contributed by atoms with E-state index in [4.69, 9.17) is 25.3 Å². The van der Waals surface area contributed by atoms with E-state index < -0.39 is 16.2 Å². The Kier molecular flexibility index (Phi) is 6.84. The third kappa shape index (κ3) is 7.37. The average Bonchev–Trinajstić information content (AvgIpc) is 2.36. The van der Waals surface area contributed by atoms with Gasteiger partial charge in [0.15, 0.2) is 0 Å². The van der Waals surface area contributed by atoms with Gasteiger partial charge in [-0.3, -0.25) is 4.18 Å². The van der Waals surface area contributed by atoms with Crippen LogP contribution in [0.2, 0.25) is 0 Å². The predicted octanol–water partition coefficient (Wildman–Crippen LogP) is 2.56. The van der Waals surface area contributed by atoms with Crippen LogP contribution in [-0.2, 0) is 14.3 Å². The van der Waals surface area contributed by atoms with Crippen molar-refractivity contribution in [1.29, 1.82) is 0 Å². The Balaban J connectivity index is 2.41. The van der Waals surface area contributed by atoms with E-state index in [1.54, 1.807) is 37.3 Å². The summed E-state index contributed by atoms with van der Waals surface area (Å²) in [5.41, 5.74) is 1.39. The molecule has 1 aromatic carbocycles. The van der Waals surface area contributed by atoms with Crippen LogP contribution in [0.5, 0.6) is 11.5 Å². The van der Waals surface area contributed by atoms with Crippen LogP contribution in [0.15, 0.2) is 35.9 Å². The minimum atomic E-state index is -3.46. The third-order valence-electron chi connectivity index (χ3n) is 2.08. The van der Waals surface area contributed by atoms with Crippen LogP contribution in [0.1, 0.15) is 6.92 Å². The lowest BCUT2D eigenvalue weighted by Crippen LogP contribution is -2.21. The van der Waals surface area contributed by atoms with Gasteiger partial charge in [0.2, 0.25) is 0 Å². The van der Waals surface area contributed by atoms with Crippen LogP contribution >= 0.6 is 11.6 Å². The molecule has 1 rings (SSSR count). The van der Waals surface area contributed by atoms with E-state index in [-0.39, 0.29) is 6.61 Å². The maximum atomic E-state index is 10.9. The largest absolute Gasteiger partial charge is 0.491 e. The molecule has 112 valence electrons. The smallest absolute Gasteiger partial charge is 0.264 e. The molecule has 1 atom stereocenters. The van der Waals surface area contributed by atoms with Gasteiger partial charge in [0.25, 0.3) is 10.1 Å². The molecule has 0 aliphatic carbocycles. The fraction of sp³-hybridized carbons (Fsp3) is 0.385. The maximum absolute atomic E-state index is 10.9. The predicted molar refractivity (Wildman–Crippen MR) is 77.8 cm³/mol. The molecule has 0 saturated carbocycles. The summed E-state index contributed by atoms with van der Waals surface area (Å²) < 4.78 is 37.4. The summed E-state index contributed by atoms with van der Waals surface area (Å²) in [4.78, 5) is 0. The number of benzene rings is 1. The topological polar surface area (TPSA) is 61.8 Å². The van der Waals surface area contributed by atoms with Gasteiger partial charge >= 0.3 is 0 Å². The normalized spacial score (nSPS) is 13.3. The van der Waals surface area contributed by atoms with Gasteiger partial charge < -0.3 is 9.47 Å². The van der Waals surface area contributed by atoms with Gasteiger partial charge in [-0.25, -0.2) is 0 Å². The molecular weight excluding hydrogens is 304 g/mol. The highest BCUT2D eigenvalue weighted by Gasteiger charge is 2.10. The lowest BCUT2D eigenvalue weighted by Gasteiger charge is -2.12. The molecule has 0 bridgehead atoms. The van der Waals surface area contributed by atoms with E-state index in [0.29, 0.717) is 18.1 Å². The quantitative estimate of drug-likeness (QED) is 0.689. The number of hydrogen-bond donors (Lipinski definition) is 0. The van der Waals surface area contributed by atoms with Gasteiger partial charge in [-0.15, -0.1) is 0 Å². The van der Waals surface area contributed by atoms with E-state index in [1.165, 1.54) is 5.54 Å². The zero-order valence-electron chi connectivity index (χ0n) is 11.3. The summed E-state index contributed by atoms with van der Waals surface area (Å²) in [6.07, 6.45) is 2.14. The van der Waals surface area contributed by atoms with E-state index in [0.717, 1.165) is 6.26 Å². The second kappa shape index (κ2) is 8.14. The van der Waals surface area contributed by atoms with Crippen molar-refractivity contribution in [2.75, 3.05) is 19.5 Å². The summed E-state index contributed by atoms with van der Waals surface area (Å²) in [7, 11) is -3.46. The van der Waals surface area contributed by atoms with E-state index >= 15 is 0 Å². The molecule has 0 aromatic heterocycles. The molecule has 1 unspecified atom stereocenters. The first-order chi connectivity index (χ1) is 9.40. The number of rotatable bonds is 8. The molecule has 0 aliphatic heterocycles. The molecule has 5 nitrogen and oxygen atoms in total. The number of hydrogen-bond acceptors (Lipinski definition) is 5. The third-order valence-corrected chi connectivity index (χ3v) is 2.94. The van der Waals surface area contributed by atoms with Gasteiger partial charge in [0.1, 0.15) is 30.8 Å².